The first-order valence-electron chi connectivity index (χ1n) is 6.68. The van der Waals surface area contributed by atoms with Gasteiger partial charge < -0.3 is 4.57 Å². The maximum atomic E-state index is 4.74. The summed E-state index contributed by atoms with van der Waals surface area (Å²) in [5.41, 5.74) is 4.36. The largest absolute Gasteiger partial charge is 0.334 e. The highest BCUT2D eigenvalue weighted by Gasteiger charge is 2.14. The number of halogens is 1. The van der Waals surface area contributed by atoms with E-state index in [1.165, 1.54) is 5.56 Å². The van der Waals surface area contributed by atoms with Gasteiger partial charge in [-0.25, -0.2) is 9.97 Å². The highest BCUT2D eigenvalue weighted by molar-refractivity contribution is 9.10. The summed E-state index contributed by atoms with van der Waals surface area (Å²) >= 11 is 3.60. The summed E-state index contributed by atoms with van der Waals surface area (Å²) in [5, 5.41) is 1.12. The van der Waals surface area contributed by atoms with Crippen molar-refractivity contribution < 1.29 is 0 Å². The molecule has 3 aromatic rings. The van der Waals surface area contributed by atoms with Gasteiger partial charge in [0.2, 0.25) is 0 Å². The molecule has 0 radical (unpaired) electrons. The van der Waals surface area contributed by atoms with Crippen LogP contribution in [-0.4, -0.2) is 14.5 Å². The predicted molar refractivity (Wildman–Crippen MR) is 85.8 cm³/mol. The van der Waals surface area contributed by atoms with Gasteiger partial charge in [0.15, 0.2) is 5.82 Å². The third kappa shape index (κ3) is 2.14. The number of hydrogen-bond acceptors (Lipinski definition) is 2. The van der Waals surface area contributed by atoms with Gasteiger partial charge in [-0.15, -0.1) is 0 Å². The number of aryl methyl sites for hydroxylation is 3. The van der Waals surface area contributed by atoms with E-state index in [1.54, 1.807) is 0 Å². The van der Waals surface area contributed by atoms with Crippen molar-refractivity contribution in [3.05, 3.63) is 46.2 Å². The Kier molecular flexibility index (Phi) is 3.34. The van der Waals surface area contributed by atoms with E-state index in [4.69, 9.17) is 9.97 Å². The van der Waals surface area contributed by atoms with Gasteiger partial charge in [0.1, 0.15) is 5.65 Å². The summed E-state index contributed by atoms with van der Waals surface area (Å²) in [5.74, 6) is 0.794. The molecule has 4 heteroatoms. The maximum Gasteiger partial charge on any atom is 0.161 e. The van der Waals surface area contributed by atoms with Crippen LogP contribution in [0.2, 0.25) is 0 Å². The zero-order chi connectivity index (χ0) is 14.3. The Morgan fingerprint density at radius 3 is 2.50 bits per heavy atom. The van der Waals surface area contributed by atoms with Gasteiger partial charge in [-0.1, -0.05) is 36.8 Å². The minimum atomic E-state index is 0.794. The second kappa shape index (κ2) is 5.02. The molecule has 0 aliphatic rings. The Morgan fingerprint density at radius 1 is 1.15 bits per heavy atom. The minimum Gasteiger partial charge on any atom is -0.334 e. The van der Waals surface area contributed by atoms with Crippen LogP contribution >= 0.6 is 15.9 Å². The Morgan fingerprint density at radius 2 is 1.85 bits per heavy atom. The van der Waals surface area contributed by atoms with Gasteiger partial charge in [0, 0.05) is 23.3 Å². The minimum absolute atomic E-state index is 0.794. The molecule has 102 valence electrons. The molecule has 3 rings (SSSR count). The fourth-order valence-electron chi connectivity index (χ4n) is 2.38. The predicted octanol–water partition coefficient (Wildman–Crippen LogP) is 4.27. The molecule has 0 fully saturated rings. The lowest BCUT2D eigenvalue weighted by molar-refractivity contribution is 0.936. The van der Waals surface area contributed by atoms with Crippen molar-refractivity contribution in [2.45, 2.75) is 20.3 Å². The van der Waals surface area contributed by atoms with Crippen LogP contribution in [0.25, 0.3) is 22.4 Å². The van der Waals surface area contributed by atoms with Crippen LogP contribution in [-0.2, 0) is 13.5 Å². The second-order valence-electron chi connectivity index (χ2n) is 5.00. The van der Waals surface area contributed by atoms with Crippen LogP contribution in [0.5, 0.6) is 0 Å². The molecule has 0 saturated heterocycles. The zero-order valence-corrected chi connectivity index (χ0v) is 13.4. The summed E-state index contributed by atoms with van der Waals surface area (Å²) in [6.45, 7) is 4.21. The van der Waals surface area contributed by atoms with Gasteiger partial charge in [-0.3, -0.25) is 0 Å². The molecule has 20 heavy (non-hydrogen) atoms. The van der Waals surface area contributed by atoms with Crippen molar-refractivity contribution >= 4 is 27.0 Å². The number of hydrogen-bond donors (Lipinski definition) is 0. The van der Waals surface area contributed by atoms with Crippen LogP contribution in [0.3, 0.4) is 0 Å². The van der Waals surface area contributed by atoms with Crippen LogP contribution in [0, 0.1) is 6.92 Å². The van der Waals surface area contributed by atoms with E-state index in [0.717, 1.165) is 39.0 Å². The molecule has 0 N–H and O–H groups in total. The van der Waals surface area contributed by atoms with Crippen LogP contribution < -0.4 is 0 Å². The Labute approximate surface area is 126 Å². The second-order valence-corrected chi connectivity index (χ2v) is 5.85. The van der Waals surface area contributed by atoms with Gasteiger partial charge in [-0.2, -0.15) is 0 Å². The summed E-state index contributed by atoms with van der Waals surface area (Å²) in [7, 11) is 2.01. The molecule has 0 aliphatic carbocycles. The smallest absolute Gasteiger partial charge is 0.161 e. The fraction of sp³-hybridized carbons (Fsp3) is 0.250. The number of fused-ring (bicyclic) bond motifs is 1. The summed E-state index contributed by atoms with van der Waals surface area (Å²) < 4.78 is 3.10. The van der Waals surface area contributed by atoms with E-state index in [-0.39, 0.29) is 0 Å². The monoisotopic (exact) mass is 329 g/mol. The van der Waals surface area contributed by atoms with Gasteiger partial charge >= 0.3 is 0 Å². The lowest BCUT2D eigenvalue weighted by Gasteiger charge is -2.06. The van der Waals surface area contributed by atoms with E-state index in [1.807, 2.05) is 17.8 Å². The molecular weight excluding hydrogens is 314 g/mol. The van der Waals surface area contributed by atoms with E-state index < -0.39 is 0 Å². The van der Waals surface area contributed by atoms with E-state index in [9.17, 15) is 0 Å². The average Bonchev–Trinajstić information content (AvgIpc) is 2.74. The third-order valence-corrected chi connectivity index (χ3v) is 4.09. The van der Waals surface area contributed by atoms with Crippen molar-refractivity contribution in [2.75, 3.05) is 0 Å². The van der Waals surface area contributed by atoms with Crippen molar-refractivity contribution in [3.63, 3.8) is 0 Å². The number of nitrogens with zero attached hydrogens (tertiary/aromatic N) is 3. The quantitative estimate of drug-likeness (QED) is 0.703. The summed E-state index contributed by atoms with van der Waals surface area (Å²) in [6.07, 6.45) is 2.93. The lowest BCUT2D eigenvalue weighted by Crippen LogP contribution is -1.98. The molecule has 0 saturated carbocycles. The topological polar surface area (TPSA) is 30.7 Å². The molecule has 0 spiro atoms. The number of aromatic nitrogens is 3. The normalized spacial score (nSPS) is 11.2. The van der Waals surface area contributed by atoms with Crippen LogP contribution in [0.4, 0.5) is 0 Å². The molecule has 0 unspecified atom stereocenters. The maximum absolute atomic E-state index is 4.74. The average molecular weight is 330 g/mol. The van der Waals surface area contributed by atoms with Crippen LogP contribution in [0.15, 0.2) is 34.9 Å². The summed E-state index contributed by atoms with van der Waals surface area (Å²) in [6, 6.07) is 8.34. The molecule has 0 atom stereocenters. The van der Waals surface area contributed by atoms with E-state index >= 15 is 0 Å². The summed E-state index contributed by atoms with van der Waals surface area (Å²) in [4.78, 5) is 9.46. The standard InChI is InChI=1S/C16H16BrN3/c1-4-13-14-12(17)9-20(3)16(14)19-15(18-13)11-7-5-10(2)6-8-11/h5-9H,4H2,1-3H3. The molecule has 2 aromatic heterocycles. The van der Waals surface area contributed by atoms with Crippen molar-refractivity contribution in [1.82, 2.24) is 14.5 Å². The lowest BCUT2D eigenvalue weighted by atomic mass is 10.1. The molecule has 0 aliphatic heterocycles. The zero-order valence-electron chi connectivity index (χ0n) is 11.8. The third-order valence-electron chi connectivity index (χ3n) is 3.49. The Hall–Kier alpha value is -1.68. The van der Waals surface area contributed by atoms with Crippen molar-refractivity contribution in [3.8, 4) is 11.4 Å². The van der Waals surface area contributed by atoms with E-state index in [0.29, 0.717) is 0 Å². The molecular formula is C16H16BrN3. The first-order chi connectivity index (χ1) is 9.60. The SMILES string of the molecule is CCc1nc(-c2ccc(C)cc2)nc2c1c(Br)cn2C. The van der Waals surface area contributed by atoms with Crippen molar-refractivity contribution in [2.24, 2.45) is 7.05 Å². The molecule has 0 bridgehead atoms. The first kappa shape index (κ1) is 13.3. The Balaban J connectivity index is 2.27. The molecule has 3 nitrogen and oxygen atoms in total. The van der Waals surface area contributed by atoms with Crippen molar-refractivity contribution in [1.29, 1.82) is 0 Å². The first-order valence-corrected chi connectivity index (χ1v) is 7.48. The van der Waals surface area contributed by atoms with E-state index in [2.05, 4.69) is 54.0 Å². The fourth-order valence-corrected chi connectivity index (χ4v) is 3.09. The van der Waals surface area contributed by atoms with Gasteiger partial charge in [0.25, 0.3) is 0 Å². The van der Waals surface area contributed by atoms with Gasteiger partial charge in [0.05, 0.1) is 11.1 Å². The molecule has 2 heterocycles. The number of benzene rings is 1. The van der Waals surface area contributed by atoms with Crippen LogP contribution in [0.1, 0.15) is 18.2 Å². The Bertz CT molecular complexity index is 773. The highest BCUT2D eigenvalue weighted by atomic mass is 79.9. The van der Waals surface area contributed by atoms with Gasteiger partial charge in [-0.05, 0) is 29.3 Å². The number of rotatable bonds is 2. The highest BCUT2D eigenvalue weighted by Crippen LogP contribution is 2.29. The molecule has 0 amide bonds. The molecule has 1 aromatic carbocycles.